The molecule has 2 rings (SSSR count). The summed E-state index contributed by atoms with van der Waals surface area (Å²) in [5.74, 6) is 0.815. The molecule has 3 heteroatoms. The molecule has 1 saturated heterocycles. The minimum Gasteiger partial charge on any atom is -0.491 e. The molecule has 0 aromatic heterocycles. The first kappa shape index (κ1) is 6.64. The quantitative estimate of drug-likeness (QED) is 0.516. The van der Waals surface area contributed by atoms with Crippen molar-refractivity contribution in [2.75, 3.05) is 13.2 Å². The second-order valence-corrected chi connectivity index (χ2v) is 3.91. The summed E-state index contributed by atoms with van der Waals surface area (Å²) in [4.78, 5) is 0. The van der Waals surface area contributed by atoms with E-state index in [9.17, 15) is 0 Å². The number of ether oxygens (including phenoxy) is 2. The van der Waals surface area contributed by atoms with E-state index in [1.54, 1.807) is 0 Å². The lowest BCUT2D eigenvalue weighted by molar-refractivity contribution is 0.263. The van der Waals surface area contributed by atoms with Gasteiger partial charge in [0.05, 0.1) is 6.61 Å². The molecule has 0 amide bonds. The summed E-state index contributed by atoms with van der Waals surface area (Å²) in [5, 5.41) is 0. The zero-order chi connectivity index (χ0) is 12.3. The summed E-state index contributed by atoms with van der Waals surface area (Å²) in [6.07, 6.45) is 0.894. The largest absolute Gasteiger partial charge is 0.491 e. The van der Waals surface area contributed by atoms with Gasteiger partial charge in [0.1, 0.15) is 18.5 Å². The predicted molar refractivity (Wildman–Crippen MR) is 60.1 cm³/mol. The molecular formula is C11H16O2Si. The Labute approximate surface area is 91.3 Å². The molecule has 1 atom stereocenters. The van der Waals surface area contributed by atoms with Crippen molar-refractivity contribution in [3.8, 4) is 5.75 Å². The lowest BCUT2D eigenvalue weighted by Crippen LogP contribution is -2.03. The van der Waals surface area contributed by atoms with E-state index in [1.807, 2.05) is 24.3 Å². The fourth-order valence-electron chi connectivity index (χ4n) is 1.25. The van der Waals surface area contributed by atoms with Crippen molar-refractivity contribution in [2.45, 2.75) is 18.6 Å². The number of aryl methyl sites for hydroxylation is 1. The van der Waals surface area contributed by atoms with E-state index in [-0.39, 0.29) is 6.10 Å². The number of epoxide rings is 1. The molecule has 1 unspecified atom stereocenters. The Kier molecular flexibility index (Phi) is 2.19. The van der Waals surface area contributed by atoms with Crippen LogP contribution >= 0.6 is 0 Å². The summed E-state index contributed by atoms with van der Waals surface area (Å²) >= 11 is 0. The summed E-state index contributed by atoms with van der Waals surface area (Å²) in [6.45, 7) is 1.39. The van der Waals surface area contributed by atoms with Crippen LogP contribution < -0.4 is 4.74 Å². The van der Waals surface area contributed by atoms with Crippen LogP contribution in [0.1, 0.15) is 5.56 Å². The van der Waals surface area contributed by atoms with E-state index in [1.165, 1.54) is 0 Å². The topological polar surface area (TPSA) is 21.8 Å². The minimum absolute atomic E-state index is 0.260. The van der Waals surface area contributed by atoms with Gasteiger partial charge in [-0.15, -0.1) is 0 Å². The van der Waals surface area contributed by atoms with Crippen LogP contribution in [0.3, 0.4) is 0 Å². The van der Waals surface area contributed by atoms with Crippen molar-refractivity contribution in [1.82, 2.24) is 0 Å². The Bertz CT molecular complexity index is 360. The van der Waals surface area contributed by atoms with Crippen LogP contribution in [-0.2, 0) is 11.2 Å². The van der Waals surface area contributed by atoms with Gasteiger partial charge in [-0.2, -0.15) is 0 Å². The fraction of sp³-hybridized carbons (Fsp3) is 0.455. The van der Waals surface area contributed by atoms with Crippen molar-refractivity contribution < 1.29 is 9.47 Å². The molecule has 1 fully saturated rings. The average Bonchev–Trinajstić information content (AvgIpc) is 3.08. The number of hydrogen-bond acceptors (Lipinski definition) is 2. The Hall–Kier alpha value is -0.803. The van der Waals surface area contributed by atoms with Crippen LogP contribution in [0.2, 0.25) is 6.04 Å². The highest BCUT2D eigenvalue weighted by molar-refractivity contribution is 6.08. The first-order chi connectivity index (χ1) is 8.03. The Morgan fingerprint density at radius 3 is 2.93 bits per heavy atom. The normalized spacial score (nSPS) is 23.4. The maximum absolute atomic E-state index is 7.28. The number of hydrogen-bond donors (Lipinski definition) is 0. The number of benzene rings is 1. The van der Waals surface area contributed by atoms with Gasteiger partial charge in [-0.1, -0.05) is 18.2 Å². The molecule has 2 nitrogen and oxygen atoms in total. The smallest absolute Gasteiger partial charge is 0.119 e. The summed E-state index contributed by atoms with van der Waals surface area (Å²) in [7, 11) is -3.17. The molecule has 0 spiro atoms. The second-order valence-electron chi connectivity index (χ2n) is 3.41. The van der Waals surface area contributed by atoms with Crippen molar-refractivity contribution in [3.05, 3.63) is 29.8 Å². The van der Waals surface area contributed by atoms with Crippen LogP contribution in [0, 0.1) is 0 Å². The second kappa shape index (κ2) is 4.62. The molecule has 1 aromatic rings. The third kappa shape index (κ3) is 2.85. The highest BCUT2D eigenvalue weighted by atomic mass is 28.1. The first-order valence-electron chi connectivity index (χ1n) is 6.36. The average molecular weight is 214 g/mol. The molecule has 0 aliphatic carbocycles. The SMILES string of the molecule is [3H][Si]([3H])([3H])CCc1ccc(OCC2CO2)cc1. The highest BCUT2D eigenvalue weighted by Gasteiger charge is 2.22. The predicted octanol–water partition coefficient (Wildman–Crippen LogP) is 0.790. The van der Waals surface area contributed by atoms with Crippen LogP contribution in [-0.4, -0.2) is 33.1 Å². The van der Waals surface area contributed by atoms with Crippen molar-refractivity contribution >= 4 is 10.0 Å². The van der Waals surface area contributed by atoms with Crippen LogP contribution in [0.15, 0.2) is 24.3 Å². The van der Waals surface area contributed by atoms with Gasteiger partial charge in [0.2, 0.25) is 0 Å². The third-order valence-electron chi connectivity index (χ3n) is 2.18. The Balaban J connectivity index is 1.79. The first-order valence-corrected chi connectivity index (χ1v) is 5.57. The van der Waals surface area contributed by atoms with Gasteiger partial charge in [0, 0.05) is 13.7 Å². The van der Waals surface area contributed by atoms with Crippen LogP contribution in [0.25, 0.3) is 0 Å². The van der Waals surface area contributed by atoms with Crippen molar-refractivity contribution in [1.29, 1.82) is 3.70 Å². The van der Waals surface area contributed by atoms with E-state index in [2.05, 4.69) is 0 Å². The van der Waals surface area contributed by atoms with Gasteiger partial charge in [-0.05, 0) is 24.1 Å². The molecule has 76 valence electrons. The summed E-state index contributed by atoms with van der Waals surface area (Å²) < 4.78 is 32.4. The molecular weight excluding hydrogens is 192 g/mol. The van der Waals surface area contributed by atoms with Crippen molar-refractivity contribution in [2.24, 2.45) is 0 Å². The van der Waals surface area contributed by atoms with Gasteiger partial charge < -0.3 is 9.47 Å². The minimum atomic E-state index is -3.17. The monoisotopic (exact) mass is 214 g/mol. The molecule has 1 heterocycles. The Morgan fingerprint density at radius 1 is 1.50 bits per heavy atom. The molecule has 1 aromatic carbocycles. The molecule has 1 aliphatic rings. The molecule has 0 N–H and O–H groups in total. The lowest BCUT2D eigenvalue weighted by Gasteiger charge is -2.04. The molecule has 1 aliphatic heterocycles. The maximum Gasteiger partial charge on any atom is 0.119 e. The maximum atomic E-state index is 7.28. The van der Waals surface area contributed by atoms with E-state index in [0.29, 0.717) is 19.1 Å². The molecule has 0 saturated carbocycles. The van der Waals surface area contributed by atoms with E-state index < -0.39 is 10.0 Å². The van der Waals surface area contributed by atoms with E-state index in [4.69, 9.17) is 13.2 Å². The number of rotatable bonds is 6. The molecule has 0 bridgehead atoms. The van der Waals surface area contributed by atoms with Gasteiger partial charge >= 0.3 is 0 Å². The fourth-order valence-corrected chi connectivity index (χ4v) is 1.54. The van der Waals surface area contributed by atoms with Gasteiger partial charge in [0.25, 0.3) is 0 Å². The molecule has 0 radical (unpaired) electrons. The van der Waals surface area contributed by atoms with E-state index in [0.717, 1.165) is 17.9 Å². The molecule has 14 heavy (non-hydrogen) atoms. The van der Waals surface area contributed by atoms with Crippen LogP contribution in [0.5, 0.6) is 5.75 Å². The van der Waals surface area contributed by atoms with Gasteiger partial charge in [-0.25, -0.2) is 0 Å². The summed E-state index contributed by atoms with van der Waals surface area (Å²) in [5.41, 5.74) is 1.06. The zero-order valence-corrected chi connectivity index (χ0v) is 9.03. The van der Waals surface area contributed by atoms with Crippen LogP contribution in [0.4, 0.5) is 0 Å². The van der Waals surface area contributed by atoms with Crippen molar-refractivity contribution in [3.63, 3.8) is 0 Å². The summed E-state index contributed by atoms with van der Waals surface area (Å²) in [6, 6.07) is 7.99. The van der Waals surface area contributed by atoms with E-state index >= 15 is 0 Å². The van der Waals surface area contributed by atoms with Gasteiger partial charge in [-0.3, -0.25) is 0 Å². The highest BCUT2D eigenvalue weighted by Crippen LogP contribution is 2.16. The standard InChI is InChI=1S/C11H16O2Si/c14-6-5-9-1-3-10(4-2-9)12-7-11-8-13-11/h1-4,11H,5-8H2,14H3/i14T3. The Morgan fingerprint density at radius 2 is 2.29 bits per heavy atom. The lowest BCUT2D eigenvalue weighted by atomic mass is 10.2. The van der Waals surface area contributed by atoms with Gasteiger partial charge in [0.15, 0.2) is 0 Å². The third-order valence-corrected chi connectivity index (χ3v) is 2.43. The zero-order valence-electron chi connectivity index (χ0n) is 11.0.